The molecule has 0 radical (unpaired) electrons. The summed E-state index contributed by atoms with van der Waals surface area (Å²) in [5.41, 5.74) is 12.0. The monoisotopic (exact) mass is 278 g/mol. The fourth-order valence-corrected chi connectivity index (χ4v) is 2.50. The molecule has 0 saturated carbocycles. The number of carbonyl (C=O) groups excluding carboxylic acids is 1. The van der Waals surface area contributed by atoms with Crippen LogP contribution in [0.2, 0.25) is 0 Å². The number of nitro benzene ring substituents is 1. The molecule has 1 aliphatic heterocycles. The molecule has 1 saturated heterocycles. The van der Waals surface area contributed by atoms with Gasteiger partial charge in [0.15, 0.2) is 0 Å². The van der Waals surface area contributed by atoms with Gasteiger partial charge in [-0.2, -0.15) is 0 Å². The zero-order valence-electron chi connectivity index (χ0n) is 11.1. The van der Waals surface area contributed by atoms with Crippen molar-refractivity contribution in [2.45, 2.75) is 19.4 Å². The molecule has 1 amide bonds. The van der Waals surface area contributed by atoms with Crippen molar-refractivity contribution in [3.05, 3.63) is 33.9 Å². The number of piperidine rings is 1. The van der Waals surface area contributed by atoms with Gasteiger partial charge < -0.3 is 11.5 Å². The van der Waals surface area contributed by atoms with Crippen LogP contribution in [0.15, 0.2) is 18.2 Å². The van der Waals surface area contributed by atoms with E-state index in [2.05, 4.69) is 4.90 Å². The largest absolute Gasteiger partial charge is 0.393 e. The highest BCUT2D eigenvalue weighted by atomic mass is 16.6. The average molecular weight is 278 g/mol. The molecule has 1 aromatic rings. The van der Waals surface area contributed by atoms with Crippen LogP contribution in [-0.4, -0.2) is 28.8 Å². The lowest BCUT2D eigenvalue weighted by atomic mass is 9.96. The van der Waals surface area contributed by atoms with E-state index in [9.17, 15) is 14.9 Å². The van der Waals surface area contributed by atoms with Crippen molar-refractivity contribution < 1.29 is 9.72 Å². The van der Waals surface area contributed by atoms with Crippen LogP contribution in [0.1, 0.15) is 18.4 Å². The van der Waals surface area contributed by atoms with E-state index in [0.717, 1.165) is 31.5 Å². The Hall–Kier alpha value is -2.15. The molecular formula is C13H18N4O3. The first-order valence-corrected chi connectivity index (χ1v) is 6.52. The van der Waals surface area contributed by atoms with Crippen LogP contribution in [0.4, 0.5) is 11.4 Å². The Labute approximate surface area is 116 Å². The second-order valence-corrected chi connectivity index (χ2v) is 5.10. The first-order chi connectivity index (χ1) is 9.47. The second kappa shape index (κ2) is 5.87. The molecule has 1 aliphatic rings. The van der Waals surface area contributed by atoms with Crippen LogP contribution in [-0.2, 0) is 11.3 Å². The molecule has 0 unspecified atom stereocenters. The van der Waals surface area contributed by atoms with Gasteiger partial charge >= 0.3 is 0 Å². The standard InChI is InChI=1S/C13H18N4O3/c14-11-7-9(1-2-12(11)17(19)20)8-16-5-3-10(4-6-16)13(15)18/h1-2,7,10H,3-6,8,14H2,(H2,15,18). The van der Waals surface area contributed by atoms with Crippen LogP contribution < -0.4 is 11.5 Å². The highest BCUT2D eigenvalue weighted by Gasteiger charge is 2.23. The quantitative estimate of drug-likeness (QED) is 0.481. The molecule has 4 N–H and O–H groups in total. The minimum atomic E-state index is -0.489. The molecular weight excluding hydrogens is 260 g/mol. The number of amides is 1. The number of nitrogen functional groups attached to an aromatic ring is 1. The summed E-state index contributed by atoms with van der Waals surface area (Å²) in [6.07, 6.45) is 1.52. The van der Waals surface area contributed by atoms with E-state index in [1.54, 1.807) is 12.1 Å². The third-order valence-corrected chi connectivity index (χ3v) is 3.68. The lowest BCUT2D eigenvalue weighted by molar-refractivity contribution is -0.383. The van der Waals surface area contributed by atoms with Crippen molar-refractivity contribution in [1.29, 1.82) is 0 Å². The third kappa shape index (κ3) is 3.24. The van der Waals surface area contributed by atoms with Crippen LogP contribution in [0.25, 0.3) is 0 Å². The summed E-state index contributed by atoms with van der Waals surface area (Å²) >= 11 is 0. The van der Waals surface area contributed by atoms with Crippen LogP contribution >= 0.6 is 0 Å². The summed E-state index contributed by atoms with van der Waals surface area (Å²) < 4.78 is 0. The Balaban J connectivity index is 1.96. The molecule has 7 nitrogen and oxygen atoms in total. The summed E-state index contributed by atoms with van der Waals surface area (Å²) in [5.74, 6) is -0.266. The smallest absolute Gasteiger partial charge is 0.292 e. The Morgan fingerprint density at radius 3 is 2.55 bits per heavy atom. The highest BCUT2D eigenvalue weighted by Crippen LogP contribution is 2.24. The van der Waals surface area contributed by atoms with Gasteiger partial charge in [0.2, 0.25) is 5.91 Å². The first kappa shape index (κ1) is 14.3. The first-order valence-electron chi connectivity index (χ1n) is 6.52. The number of rotatable bonds is 4. The topological polar surface area (TPSA) is 115 Å². The van der Waals surface area contributed by atoms with Gasteiger partial charge in [-0.1, -0.05) is 6.07 Å². The van der Waals surface area contributed by atoms with E-state index in [-0.39, 0.29) is 23.2 Å². The van der Waals surface area contributed by atoms with Gasteiger partial charge in [-0.15, -0.1) is 0 Å². The number of nitrogens with two attached hydrogens (primary N) is 2. The summed E-state index contributed by atoms with van der Waals surface area (Å²) in [7, 11) is 0. The Kier molecular flexibility index (Phi) is 4.19. The predicted octanol–water partition coefficient (Wildman–Crippen LogP) is 0.874. The molecule has 0 aliphatic carbocycles. The second-order valence-electron chi connectivity index (χ2n) is 5.10. The normalized spacial score (nSPS) is 17.0. The number of anilines is 1. The lowest BCUT2D eigenvalue weighted by Gasteiger charge is -2.30. The number of likely N-dealkylation sites (tertiary alicyclic amines) is 1. The van der Waals surface area contributed by atoms with Gasteiger partial charge in [-0.3, -0.25) is 19.8 Å². The van der Waals surface area contributed by atoms with Crippen molar-refractivity contribution in [2.24, 2.45) is 11.7 Å². The molecule has 1 fully saturated rings. The molecule has 0 atom stereocenters. The van der Waals surface area contributed by atoms with E-state index in [0.29, 0.717) is 6.54 Å². The molecule has 20 heavy (non-hydrogen) atoms. The third-order valence-electron chi connectivity index (χ3n) is 3.68. The zero-order valence-corrected chi connectivity index (χ0v) is 11.1. The number of benzene rings is 1. The van der Waals surface area contributed by atoms with Crippen molar-refractivity contribution in [1.82, 2.24) is 4.90 Å². The van der Waals surface area contributed by atoms with Gasteiger partial charge in [0.1, 0.15) is 5.69 Å². The van der Waals surface area contributed by atoms with Crippen molar-refractivity contribution in [3.8, 4) is 0 Å². The molecule has 1 aromatic carbocycles. The molecule has 108 valence electrons. The Morgan fingerprint density at radius 1 is 1.40 bits per heavy atom. The Bertz CT molecular complexity index is 524. The highest BCUT2D eigenvalue weighted by molar-refractivity contribution is 5.76. The number of hydrogen-bond donors (Lipinski definition) is 2. The molecule has 7 heteroatoms. The fraction of sp³-hybridized carbons (Fsp3) is 0.462. The molecule has 0 spiro atoms. The van der Waals surface area contributed by atoms with Crippen molar-refractivity contribution in [3.63, 3.8) is 0 Å². The van der Waals surface area contributed by atoms with Crippen LogP contribution in [0, 0.1) is 16.0 Å². The minimum absolute atomic E-state index is 0.0341. The van der Waals surface area contributed by atoms with Crippen molar-refractivity contribution in [2.75, 3.05) is 18.8 Å². The van der Waals surface area contributed by atoms with E-state index in [1.807, 2.05) is 0 Å². The van der Waals surface area contributed by atoms with E-state index >= 15 is 0 Å². The predicted molar refractivity (Wildman–Crippen MR) is 74.7 cm³/mol. The minimum Gasteiger partial charge on any atom is -0.393 e. The van der Waals surface area contributed by atoms with Gasteiger partial charge in [-0.25, -0.2) is 0 Å². The zero-order chi connectivity index (χ0) is 14.7. The maximum atomic E-state index is 11.1. The Morgan fingerprint density at radius 2 is 2.05 bits per heavy atom. The summed E-state index contributed by atoms with van der Waals surface area (Å²) in [6, 6.07) is 4.79. The fourth-order valence-electron chi connectivity index (χ4n) is 2.50. The summed E-state index contributed by atoms with van der Waals surface area (Å²) in [5, 5.41) is 10.7. The number of carbonyl (C=O) groups is 1. The number of hydrogen-bond acceptors (Lipinski definition) is 5. The van der Waals surface area contributed by atoms with E-state index < -0.39 is 4.92 Å². The molecule has 1 heterocycles. The molecule has 0 bridgehead atoms. The van der Waals surface area contributed by atoms with Crippen molar-refractivity contribution >= 4 is 17.3 Å². The number of nitrogens with zero attached hydrogens (tertiary/aromatic N) is 2. The van der Waals surface area contributed by atoms with Gasteiger partial charge in [-0.05, 0) is 37.6 Å². The summed E-state index contributed by atoms with van der Waals surface area (Å²) in [4.78, 5) is 23.5. The van der Waals surface area contributed by atoms with Gasteiger partial charge in [0.25, 0.3) is 5.69 Å². The van der Waals surface area contributed by atoms with E-state index in [4.69, 9.17) is 11.5 Å². The lowest BCUT2D eigenvalue weighted by Crippen LogP contribution is -2.38. The molecule has 0 aromatic heterocycles. The number of primary amides is 1. The molecule has 2 rings (SSSR count). The summed E-state index contributed by atoms with van der Waals surface area (Å²) in [6.45, 7) is 2.27. The van der Waals surface area contributed by atoms with E-state index in [1.165, 1.54) is 6.07 Å². The van der Waals surface area contributed by atoms with Gasteiger partial charge in [0, 0.05) is 18.5 Å². The average Bonchev–Trinajstić information content (AvgIpc) is 2.39. The SMILES string of the molecule is NC(=O)C1CCN(Cc2ccc([N+](=O)[O-])c(N)c2)CC1. The van der Waals surface area contributed by atoms with Crippen LogP contribution in [0.3, 0.4) is 0 Å². The van der Waals surface area contributed by atoms with Gasteiger partial charge in [0.05, 0.1) is 4.92 Å². The number of nitro groups is 1. The van der Waals surface area contributed by atoms with Crippen LogP contribution in [0.5, 0.6) is 0 Å². The maximum Gasteiger partial charge on any atom is 0.292 e. The maximum absolute atomic E-state index is 11.1.